The Labute approximate surface area is 91.9 Å². The minimum atomic E-state index is -0.301. The molecule has 5 heteroatoms. The number of nitrogens with zero attached hydrogens (tertiary/aromatic N) is 2. The van der Waals surface area contributed by atoms with Gasteiger partial charge in [0.1, 0.15) is 24.6 Å². The van der Waals surface area contributed by atoms with Crippen LogP contribution in [0.5, 0.6) is 5.88 Å². The highest BCUT2D eigenvalue weighted by Gasteiger charge is 2.02. The Kier molecular flexibility index (Phi) is 2.95. The van der Waals surface area contributed by atoms with E-state index in [-0.39, 0.29) is 12.4 Å². The van der Waals surface area contributed by atoms with Gasteiger partial charge in [-0.15, -0.1) is 0 Å². The minimum absolute atomic E-state index is 0.114. The number of nitrogens with two attached hydrogens (primary N) is 1. The van der Waals surface area contributed by atoms with E-state index in [4.69, 9.17) is 10.5 Å². The zero-order valence-corrected chi connectivity index (χ0v) is 8.43. The first-order chi connectivity index (χ1) is 7.75. The molecule has 0 aliphatic rings. The summed E-state index contributed by atoms with van der Waals surface area (Å²) >= 11 is 0. The van der Waals surface area contributed by atoms with Crippen molar-refractivity contribution in [1.29, 1.82) is 0 Å². The van der Waals surface area contributed by atoms with Crippen LogP contribution in [0, 0.1) is 5.82 Å². The summed E-state index contributed by atoms with van der Waals surface area (Å²) in [6.07, 6.45) is 1.30. The van der Waals surface area contributed by atoms with E-state index < -0.39 is 0 Å². The van der Waals surface area contributed by atoms with Gasteiger partial charge in [-0.3, -0.25) is 0 Å². The van der Waals surface area contributed by atoms with E-state index in [0.29, 0.717) is 17.3 Å². The minimum Gasteiger partial charge on any atom is -0.473 e. The first-order valence-electron chi connectivity index (χ1n) is 4.69. The van der Waals surface area contributed by atoms with Gasteiger partial charge in [0.15, 0.2) is 0 Å². The van der Waals surface area contributed by atoms with E-state index in [1.54, 1.807) is 18.2 Å². The number of nitrogen functional groups attached to an aromatic ring is 1. The number of rotatable bonds is 3. The molecule has 0 saturated carbocycles. The largest absolute Gasteiger partial charge is 0.473 e. The summed E-state index contributed by atoms with van der Waals surface area (Å²) in [5.41, 5.74) is 5.92. The monoisotopic (exact) mass is 219 g/mol. The second kappa shape index (κ2) is 4.57. The molecule has 0 fully saturated rings. The highest BCUT2D eigenvalue weighted by atomic mass is 19.1. The molecule has 1 aromatic heterocycles. The fraction of sp³-hybridized carbons (Fsp3) is 0.0909. The van der Waals surface area contributed by atoms with E-state index in [2.05, 4.69) is 9.97 Å². The first kappa shape index (κ1) is 10.4. The Bertz CT molecular complexity index is 490. The van der Waals surface area contributed by atoms with Gasteiger partial charge in [0, 0.05) is 11.6 Å². The number of benzene rings is 1. The van der Waals surface area contributed by atoms with Crippen LogP contribution in [-0.2, 0) is 6.61 Å². The Hall–Kier alpha value is -2.17. The Morgan fingerprint density at radius 1 is 1.25 bits per heavy atom. The fourth-order valence-electron chi connectivity index (χ4n) is 1.20. The van der Waals surface area contributed by atoms with Gasteiger partial charge < -0.3 is 10.5 Å². The van der Waals surface area contributed by atoms with E-state index in [1.165, 1.54) is 18.5 Å². The maximum Gasteiger partial charge on any atom is 0.218 e. The zero-order valence-electron chi connectivity index (χ0n) is 8.43. The van der Waals surface area contributed by atoms with Crippen LogP contribution in [0.3, 0.4) is 0 Å². The average molecular weight is 219 g/mol. The smallest absolute Gasteiger partial charge is 0.218 e. The molecule has 0 atom stereocenters. The second-order valence-electron chi connectivity index (χ2n) is 3.16. The van der Waals surface area contributed by atoms with Gasteiger partial charge in [-0.2, -0.15) is 0 Å². The average Bonchev–Trinajstić information content (AvgIpc) is 2.28. The second-order valence-corrected chi connectivity index (χ2v) is 3.16. The van der Waals surface area contributed by atoms with E-state index in [9.17, 15) is 4.39 Å². The van der Waals surface area contributed by atoms with E-state index >= 15 is 0 Å². The molecule has 0 aliphatic carbocycles. The van der Waals surface area contributed by atoms with Gasteiger partial charge in [0.25, 0.3) is 0 Å². The third-order valence-corrected chi connectivity index (χ3v) is 2.00. The third-order valence-electron chi connectivity index (χ3n) is 2.00. The predicted molar refractivity (Wildman–Crippen MR) is 57.2 cm³/mol. The first-order valence-corrected chi connectivity index (χ1v) is 4.69. The van der Waals surface area contributed by atoms with Crippen LogP contribution >= 0.6 is 0 Å². The van der Waals surface area contributed by atoms with Gasteiger partial charge in [0.05, 0.1) is 0 Å². The van der Waals surface area contributed by atoms with Crippen LogP contribution in [0.4, 0.5) is 10.2 Å². The highest BCUT2D eigenvalue weighted by Crippen LogP contribution is 2.12. The van der Waals surface area contributed by atoms with Gasteiger partial charge in [0.2, 0.25) is 5.88 Å². The zero-order chi connectivity index (χ0) is 11.4. The SMILES string of the molecule is Nc1cc(OCc2ccccc2F)ncn1. The number of halogens is 1. The molecule has 0 amide bonds. The lowest BCUT2D eigenvalue weighted by Crippen LogP contribution is -2.01. The Balaban J connectivity index is 2.05. The fourth-order valence-corrected chi connectivity index (χ4v) is 1.20. The summed E-state index contributed by atoms with van der Waals surface area (Å²) in [5.74, 6) is 0.346. The maximum atomic E-state index is 13.2. The van der Waals surface area contributed by atoms with Crippen LogP contribution in [0.2, 0.25) is 0 Å². The molecular formula is C11H10FN3O. The number of aromatic nitrogens is 2. The highest BCUT2D eigenvalue weighted by molar-refractivity contribution is 5.31. The van der Waals surface area contributed by atoms with Crippen molar-refractivity contribution in [2.45, 2.75) is 6.61 Å². The standard InChI is InChI=1S/C11H10FN3O/c12-9-4-2-1-3-8(9)6-16-11-5-10(13)14-7-15-11/h1-5,7H,6H2,(H2,13,14,15). The molecule has 4 nitrogen and oxygen atoms in total. The summed E-state index contributed by atoms with van der Waals surface area (Å²) in [7, 11) is 0. The van der Waals surface area contributed by atoms with Gasteiger partial charge >= 0.3 is 0 Å². The Morgan fingerprint density at radius 2 is 2.06 bits per heavy atom. The van der Waals surface area contributed by atoms with Crippen molar-refractivity contribution in [2.24, 2.45) is 0 Å². The lowest BCUT2D eigenvalue weighted by molar-refractivity contribution is 0.287. The van der Waals surface area contributed by atoms with Crippen LogP contribution in [-0.4, -0.2) is 9.97 Å². The normalized spacial score (nSPS) is 10.1. The van der Waals surface area contributed by atoms with Crippen molar-refractivity contribution in [3.63, 3.8) is 0 Å². The molecule has 82 valence electrons. The summed E-state index contributed by atoms with van der Waals surface area (Å²) in [5, 5.41) is 0. The maximum absolute atomic E-state index is 13.2. The molecule has 1 aromatic carbocycles. The van der Waals surface area contributed by atoms with Crippen molar-refractivity contribution in [1.82, 2.24) is 9.97 Å². The number of hydrogen-bond acceptors (Lipinski definition) is 4. The summed E-state index contributed by atoms with van der Waals surface area (Å²) < 4.78 is 18.5. The van der Waals surface area contributed by atoms with Crippen molar-refractivity contribution in [2.75, 3.05) is 5.73 Å². The molecule has 2 N–H and O–H groups in total. The van der Waals surface area contributed by atoms with Crippen molar-refractivity contribution < 1.29 is 9.13 Å². The molecule has 0 saturated heterocycles. The predicted octanol–water partition coefficient (Wildman–Crippen LogP) is 1.78. The summed E-state index contributed by atoms with van der Waals surface area (Å²) in [6.45, 7) is 0.114. The number of hydrogen-bond donors (Lipinski definition) is 1. The van der Waals surface area contributed by atoms with Gasteiger partial charge in [-0.1, -0.05) is 18.2 Å². The van der Waals surface area contributed by atoms with Gasteiger partial charge in [-0.25, -0.2) is 14.4 Å². The summed E-state index contributed by atoms with van der Waals surface area (Å²) in [6, 6.07) is 7.89. The van der Waals surface area contributed by atoms with Crippen LogP contribution in [0.1, 0.15) is 5.56 Å². The molecule has 16 heavy (non-hydrogen) atoms. The lowest BCUT2D eigenvalue weighted by Gasteiger charge is -2.05. The van der Waals surface area contributed by atoms with Crippen LogP contribution in [0.15, 0.2) is 36.7 Å². The molecule has 0 bridgehead atoms. The quantitative estimate of drug-likeness (QED) is 0.854. The summed E-state index contributed by atoms with van der Waals surface area (Å²) in [4.78, 5) is 7.57. The van der Waals surface area contributed by atoms with Crippen molar-refractivity contribution in [3.05, 3.63) is 48.0 Å². The molecular weight excluding hydrogens is 209 g/mol. The van der Waals surface area contributed by atoms with Crippen LogP contribution in [0.25, 0.3) is 0 Å². The Morgan fingerprint density at radius 3 is 2.81 bits per heavy atom. The molecule has 0 radical (unpaired) electrons. The van der Waals surface area contributed by atoms with Gasteiger partial charge in [-0.05, 0) is 6.07 Å². The molecule has 2 aromatic rings. The lowest BCUT2D eigenvalue weighted by atomic mass is 10.2. The van der Waals surface area contributed by atoms with Crippen molar-refractivity contribution >= 4 is 5.82 Å². The molecule has 0 aliphatic heterocycles. The molecule has 0 unspecified atom stereocenters. The molecule has 2 rings (SSSR count). The topological polar surface area (TPSA) is 61.0 Å². The number of anilines is 1. The van der Waals surface area contributed by atoms with Crippen LogP contribution < -0.4 is 10.5 Å². The third kappa shape index (κ3) is 2.44. The van der Waals surface area contributed by atoms with E-state index in [0.717, 1.165) is 0 Å². The van der Waals surface area contributed by atoms with Crippen molar-refractivity contribution in [3.8, 4) is 5.88 Å². The molecule has 1 heterocycles. The molecule has 0 spiro atoms. The number of ether oxygens (including phenoxy) is 1. The van der Waals surface area contributed by atoms with E-state index in [1.807, 2.05) is 0 Å².